The van der Waals surface area contributed by atoms with Crippen LogP contribution in [0, 0.1) is 11.6 Å². The first-order valence-corrected chi connectivity index (χ1v) is 9.88. The zero-order valence-electron chi connectivity index (χ0n) is 16.0. The van der Waals surface area contributed by atoms with Crippen molar-refractivity contribution >= 4 is 56.0 Å². The van der Waals surface area contributed by atoms with Crippen LogP contribution in [0.3, 0.4) is 0 Å². The van der Waals surface area contributed by atoms with Crippen molar-refractivity contribution < 1.29 is 13.5 Å². The van der Waals surface area contributed by atoms with Gasteiger partial charge in [0.2, 0.25) is 0 Å². The molecule has 4 nitrogen and oxygen atoms in total. The summed E-state index contributed by atoms with van der Waals surface area (Å²) in [6, 6.07) is 11.7. The molecule has 30 heavy (non-hydrogen) atoms. The molecule has 0 amide bonds. The van der Waals surface area contributed by atoms with E-state index in [1.165, 1.54) is 24.3 Å². The fourth-order valence-corrected chi connectivity index (χ4v) is 4.52. The van der Waals surface area contributed by atoms with Gasteiger partial charge in [0.05, 0.1) is 11.0 Å². The number of nitrogens with one attached hydrogen (secondary N) is 3. The number of aromatic amines is 2. The quantitative estimate of drug-likeness (QED) is 0.341. The number of H-pyrrole nitrogens is 2. The third-order valence-corrected chi connectivity index (χ3v) is 5.94. The molecule has 2 aromatic heterocycles. The fourth-order valence-electron chi connectivity index (χ4n) is 4.52. The van der Waals surface area contributed by atoms with Gasteiger partial charge in [0, 0.05) is 38.6 Å². The Balaban J connectivity index is 0.00000193. The lowest BCUT2D eigenvalue weighted by atomic mass is 10.1. The molecule has 3 heterocycles. The highest BCUT2D eigenvalue weighted by Crippen LogP contribution is 2.41. The summed E-state index contributed by atoms with van der Waals surface area (Å²) in [7, 11) is 0. The van der Waals surface area contributed by atoms with E-state index in [1.54, 1.807) is 12.1 Å². The first-order valence-electron chi connectivity index (χ1n) is 9.88. The summed E-state index contributed by atoms with van der Waals surface area (Å²) < 4.78 is 34.2. The Morgan fingerprint density at radius 2 is 1.43 bits per heavy atom. The second kappa shape index (κ2) is 7.15. The van der Waals surface area contributed by atoms with Crippen molar-refractivity contribution in [1.29, 1.82) is 0 Å². The number of benzene rings is 3. The molecule has 154 valence electrons. The van der Waals surface area contributed by atoms with Crippen LogP contribution in [0.5, 0.6) is 5.75 Å². The maximum Gasteiger partial charge on any atom is 0.167 e. The van der Waals surface area contributed by atoms with Crippen LogP contribution in [0.25, 0.3) is 43.6 Å². The highest BCUT2D eigenvalue weighted by Gasteiger charge is 2.20. The molecule has 6 rings (SSSR count). The minimum absolute atomic E-state index is 0. The molecular formula is C23H20ClF2N3O. The summed E-state index contributed by atoms with van der Waals surface area (Å²) >= 11 is 0. The van der Waals surface area contributed by atoms with Crippen LogP contribution in [-0.4, -0.2) is 29.2 Å². The molecule has 1 aliphatic rings. The number of fused-ring (bicyclic) bond motifs is 6. The first-order chi connectivity index (χ1) is 14.2. The van der Waals surface area contributed by atoms with Gasteiger partial charge in [0.15, 0.2) is 5.75 Å². The molecular weight excluding hydrogens is 408 g/mol. The largest absolute Gasteiger partial charge is 0.488 e. The van der Waals surface area contributed by atoms with E-state index in [2.05, 4.69) is 15.3 Å². The molecule has 0 aliphatic carbocycles. The molecule has 5 aromatic rings. The highest BCUT2D eigenvalue weighted by atomic mass is 35.5. The van der Waals surface area contributed by atoms with Crippen LogP contribution in [0.4, 0.5) is 8.78 Å². The predicted octanol–water partition coefficient (Wildman–Crippen LogP) is 5.79. The standard InChI is InChI=1S/C23H19F2N3O.ClH/c24-12-3-5-19-15(8-12)17-10-18-16-9-13(25)4-6-20(16)28-22(18)23(21(17)27-19)29-11-14-2-1-7-26-14;/h3-6,8-10,14,26-28H,1-2,7,11H2;1H. The number of halogens is 3. The molecule has 0 bridgehead atoms. The lowest BCUT2D eigenvalue weighted by molar-refractivity contribution is 0.282. The van der Waals surface area contributed by atoms with E-state index in [1.807, 2.05) is 6.07 Å². The number of ether oxygens (including phenoxy) is 1. The Morgan fingerprint density at radius 3 is 1.97 bits per heavy atom. The maximum atomic E-state index is 13.9. The average Bonchev–Trinajstić information content (AvgIpc) is 3.43. The monoisotopic (exact) mass is 427 g/mol. The van der Waals surface area contributed by atoms with Crippen molar-refractivity contribution in [2.45, 2.75) is 18.9 Å². The van der Waals surface area contributed by atoms with Crippen molar-refractivity contribution in [3.8, 4) is 5.75 Å². The molecule has 3 N–H and O–H groups in total. The van der Waals surface area contributed by atoms with E-state index >= 15 is 0 Å². The van der Waals surface area contributed by atoms with Crippen molar-refractivity contribution in [2.24, 2.45) is 0 Å². The minimum atomic E-state index is -0.291. The van der Waals surface area contributed by atoms with Crippen LogP contribution in [-0.2, 0) is 0 Å². The number of hydrogen-bond acceptors (Lipinski definition) is 2. The summed E-state index contributed by atoms with van der Waals surface area (Å²) in [5, 5.41) is 6.76. The van der Waals surface area contributed by atoms with Crippen LogP contribution < -0.4 is 10.1 Å². The van der Waals surface area contributed by atoms with E-state index in [4.69, 9.17) is 4.74 Å². The molecule has 0 spiro atoms. The molecule has 0 radical (unpaired) electrons. The van der Waals surface area contributed by atoms with E-state index in [-0.39, 0.29) is 24.0 Å². The zero-order valence-corrected chi connectivity index (χ0v) is 16.8. The van der Waals surface area contributed by atoms with Gasteiger partial charge < -0.3 is 20.0 Å². The molecule has 1 unspecified atom stereocenters. The van der Waals surface area contributed by atoms with Gasteiger partial charge in [-0.25, -0.2) is 8.78 Å². The molecule has 1 fully saturated rings. The van der Waals surface area contributed by atoms with Gasteiger partial charge in [-0.2, -0.15) is 0 Å². The second-order valence-electron chi connectivity index (χ2n) is 7.78. The Kier molecular flexibility index (Phi) is 4.56. The van der Waals surface area contributed by atoms with Gasteiger partial charge in [-0.3, -0.25) is 0 Å². The van der Waals surface area contributed by atoms with Crippen molar-refractivity contribution in [1.82, 2.24) is 15.3 Å². The van der Waals surface area contributed by atoms with Crippen molar-refractivity contribution in [2.75, 3.05) is 13.2 Å². The van der Waals surface area contributed by atoms with Gasteiger partial charge in [0.25, 0.3) is 0 Å². The fraction of sp³-hybridized carbons (Fsp3) is 0.217. The molecule has 1 aliphatic heterocycles. The van der Waals surface area contributed by atoms with Gasteiger partial charge in [-0.05, 0) is 61.9 Å². The smallest absolute Gasteiger partial charge is 0.167 e. The van der Waals surface area contributed by atoms with Crippen LogP contribution in [0.1, 0.15) is 12.8 Å². The average molecular weight is 428 g/mol. The summed E-state index contributed by atoms with van der Waals surface area (Å²) in [5.74, 6) is 0.113. The highest BCUT2D eigenvalue weighted by molar-refractivity contribution is 6.20. The van der Waals surface area contributed by atoms with E-state index in [9.17, 15) is 8.78 Å². The molecule has 3 aromatic carbocycles. The van der Waals surface area contributed by atoms with Crippen LogP contribution in [0.15, 0.2) is 42.5 Å². The Hall–Kier alpha value is -2.83. The Bertz CT molecular complexity index is 1310. The molecule has 1 atom stereocenters. The number of aromatic nitrogens is 2. The summed E-state index contributed by atoms with van der Waals surface area (Å²) in [5.41, 5.74) is 3.33. The van der Waals surface area contributed by atoms with Gasteiger partial charge in [-0.15, -0.1) is 12.4 Å². The van der Waals surface area contributed by atoms with Gasteiger partial charge in [-0.1, -0.05) is 0 Å². The minimum Gasteiger partial charge on any atom is -0.488 e. The Morgan fingerprint density at radius 1 is 0.833 bits per heavy atom. The Labute approximate surface area is 177 Å². The first kappa shape index (κ1) is 19.2. The van der Waals surface area contributed by atoms with E-state index in [0.29, 0.717) is 18.4 Å². The normalized spacial score (nSPS) is 16.7. The third-order valence-electron chi connectivity index (χ3n) is 5.94. The lowest BCUT2D eigenvalue weighted by Gasteiger charge is -2.14. The summed E-state index contributed by atoms with van der Waals surface area (Å²) in [6.45, 7) is 1.55. The van der Waals surface area contributed by atoms with Crippen molar-refractivity contribution in [3.05, 3.63) is 54.1 Å². The second-order valence-corrected chi connectivity index (χ2v) is 7.78. The van der Waals surface area contributed by atoms with Gasteiger partial charge >= 0.3 is 0 Å². The predicted molar refractivity (Wildman–Crippen MR) is 119 cm³/mol. The van der Waals surface area contributed by atoms with E-state index in [0.717, 1.165) is 63.0 Å². The van der Waals surface area contributed by atoms with Crippen molar-refractivity contribution in [3.63, 3.8) is 0 Å². The summed E-state index contributed by atoms with van der Waals surface area (Å²) in [4.78, 5) is 6.78. The zero-order chi connectivity index (χ0) is 19.5. The molecule has 7 heteroatoms. The summed E-state index contributed by atoms with van der Waals surface area (Å²) in [6.07, 6.45) is 2.22. The van der Waals surface area contributed by atoms with Crippen LogP contribution in [0.2, 0.25) is 0 Å². The number of hydrogen-bond donors (Lipinski definition) is 3. The maximum absolute atomic E-state index is 13.9. The third kappa shape index (κ3) is 2.90. The SMILES string of the molecule is Cl.Fc1ccc2[nH]c3c(OCC4CCCN4)c4[nH]c5ccc(F)cc5c4cc3c2c1. The lowest BCUT2D eigenvalue weighted by Crippen LogP contribution is -2.28. The number of rotatable bonds is 3. The topological polar surface area (TPSA) is 52.8 Å². The van der Waals surface area contributed by atoms with E-state index < -0.39 is 0 Å². The molecule has 1 saturated heterocycles. The van der Waals surface area contributed by atoms with Crippen LogP contribution >= 0.6 is 12.4 Å². The molecule has 0 saturated carbocycles. The van der Waals surface area contributed by atoms with Gasteiger partial charge in [0.1, 0.15) is 18.2 Å².